The van der Waals surface area contributed by atoms with Crippen molar-refractivity contribution in [1.29, 1.82) is 0 Å². The van der Waals surface area contributed by atoms with Crippen molar-refractivity contribution in [2.24, 2.45) is 0 Å². The molecule has 1 saturated heterocycles. The van der Waals surface area contributed by atoms with Gasteiger partial charge in [-0.15, -0.1) is 11.3 Å². The molecule has 0 amide bonds. The third-order valence-electron chi connectivity index (χ3n) is 2.78. The summed E-state index contributed by atoms with van der Waals surface area (Å²) >= 11 is 1.45. The molecule has 6 heteroatoms. The second-order valence-corrected chi connectivity index (χ2v) is 7.36. The maximum absolute atomic E-state index is 11.5. The Morgan fingerprint density at radius 2 is 2.38 bits per heavy atom. The normalized spacial score (nSPS) is 26.5. The van der Waals surface area contributed by atoms with Crippen molar-refractivity contribution in [2.75, 3.05) is 11.5 Å². The Kier molecular flexibility index (Phi) is 3.32. The fourth-order valence-electron chi connectivity index (χ4n) is 1.90. The Morgan fingerprint density at radius 3 is 2.94 bits per heavy atom. The van der Waals surface area contributed by atoms with E-state index in [9.17, 15) is 13.5 Å². The van der Waals surface area contributed by atoms with E-state index < -0.39 is 15.9 Å². The van der Waals surface area contributed by atoms with Crippen LogP contribution >= 0.6 is 11.3 Å². The van der Waals surface area contributed by atoms with Gasteiger partial charge in [-0.2, -0.15) is 0 Å². The minimum atomic E-state index is -2.89. The van der Waals surface area contributed by atoms with E-state index in [-0.39, 0.29) is 11.7 Å². The maximum atomic E-state index is 11.5. The smallest absolute Gasteiger partial charge is 0.151 e. The van der Waals surface area contributed by atoms with Crippen LogP contribution in [-0.4, -0.2) is 30.0 Å². The maximum Gasteiger partial charge on any atom is 0.151 e. The van der Waals surface area contributed by atoms with Crippen molar-refractivity contribution in [3.8, 4) is 0 Å². The molecule has 0 aromatic carbocycles. The molecule has 1 aromatic rings. The molecule has 0 radical (unpaired) electrons. The van der Waals surface area contributed by atoms with Crippen molar-refractivity contribution in [3.05, 3.63) is 16.1 Å². The zero-order valence-corrected chi connectivity index (χ0v) is 10.7. The molecule has 0 bridgehead atoms. The Hall–Kier alpha value is -0.460. The van der Waals surface area contributed by atoms with Gasteiger partial charge >= 0.3 is 0 Å². The largest absolute Gasteiger partial charge is 0.387 e. The van der Waals surface area contributed by atoms with E-state index in [0.29, 0.717) is 11.4 Å². The molecular weight excluding hydrogens is 246 g/mol. The second-order valence-electron chi connectivity index (χ2n) is 4.24. The van der Waals surface area contributed by atoms with Gasteiger partial charge in [-0.25, -0.2) is 13.4 Å². The van der Waals surface area contributed by atoms with Crippen LogP contribution in [0.2, 0.25) is 0 Å². The van der Waals surface area contributed by atoms with Gasteiger partial charge in [-0.1, -0.05) is 0 Å². The Bertz CT molecular complexity index is 464. The van der Waals surface area contributed by atoms with Crippen LogP contribution in [0.3, 0.4) is 0 Å². The van der Waals surface area contributed by atoms with E-state index in [2.05, 4.69) is 4.98 Å². The average molecular weight is 261 g/mol. The zero-order valence-electron chi connectivity index (χ0n) is 9.09. The molecule has 4 nitrogen and oxygen atoms in total. The van der Waals surface area contributed by atoms with Gasteiger partial charge in [0.15, 0.2) is 9.84 Å². The van der Waals surface area contributed by atoms with Crippen LogP contribution in [0.1, 0.15) is 42.5 Å². The highest BCUT2D eigenvalue weighted by Gasteiger charge is 2.28. The first kappa shape index (κ1) is 12.0. The van der Waals surface area contributed by atoms with E-state index >= 15 is 0 Å². The van der Waals surface area contributed by atoms with Gasteiger partial charge in [0.1, 0.15) is 0 Å². The van der Waals surface area contributed by atoms with Crippen molar-refractivity contribution >= 4 is 21.2 Å². The Balaban J connectivity index is 2.17. The lowest BCUT2D eigenvalue weighted by atomic mass is 10.1. The lowest BCUT2D eigenvalue weighted by Crippen LogP contribution is -2.23. The number of rotatable bonds is 2. The van der Waals surface area contributed by atoms with Gasteiger partial charge in [0.05, 0.1) is 28.3 Å². The van der Waals surface area contributed by atoms with Crippen LogP contribution in [0.4, 0.5) is 0 Å². The third kappa shape index (κ3) is 2.61. The second kappa shape index (κ2) is 4.43. The summed E-state index contributed by atoms with van der Waals surface area (Å²) in [4.78, 5) is 4.30. The summed E-state index contributed by atoms with van der Waals surface area (Å²) in [7, 11) is -2.89. The van der Waals surface area contributed by atoms with E-state index in [0.717, 1.165) is 17.8 Å². The highest BCUT2D eigenvalue weighted by atomic mass is 32.2. The molecule has 1 N–H and O–H groups in total. The van der Waals surface area contributed by atoms with Gasteiger partial charge in [-0.05, 0) is 19.8 Å². The molecule has 16 heavy (non-hydrogen) atoms. The van der Waals surface area contributed by atoms with E-state index in [1.54, 1.807) is 12.3 Å². The van der Waals surface area contributed by atoms with Crippen LogP contribution in [0, 0.1) is 0 Å². The van der Waals surface area contributed by atoms with E-state index in [1.807, 2.05) is 0 Å². The molecule has 1 aliphatic rings. The van der Waals surface area contributed by atoms with Crippen LogP contribution in [0.15, 0.2) is 5.38 Å². The molecule has 0 spiro atoms. The highest BCUT2D eigenvalue weighted by molar-refractivity contribution is 7.91. The number of sulfone groups is 1. The lowest BCUT2D eigenvalue weighted by molar-refractivity contribution is 0.195. The van der Waals surface area contributed by atoms with Crippen LogP contribution in [0.25, 0.3) is 0 Å². The van der Waals surface area contributed by atoms with Crippen LogP contribution < -0.4 is 0 Å². The summed E-state index contributed by atoms with van der Waals surface area (Å²) in [5.41, 5.74) is 0.642. The molecule has 90 valence electrons. The first-order valence-electron chi connectivity index (χ1n) is 5.32. The van der Waals surface area contributed by atoms with Crippen molar-refractivity contribution in [3.63, 3.8) is 0 Å². The van der Waals surface area contributed by atoms with Gasteiger partial charge in [0, 0.05) is 11.3 Å². The minimum Gasteiger partial charge on any atom is -0.387 e. The standard InChI is InChI=1S/C10H15NO3S2/c1-7(12)9-5-15-10(11-9)8-3-2-4-16(13,14)6-8/h5,7-8,12H,2-4,6H2,1H3. The first-order chi connectivity index (χ1) is 7.48. The number of aliphatic hydroxyl groups is 1. The molecule has 2 rings (SSSR count). The topological polar surface area (TPSA) is 67.3 Å². The third-order valence-corrected chi connectivity index (χ3v) is 5.63. The summed E-state index contributed by atoms with van der Waals surface area (Å²) in [6, 6.07) is 0. The SMILES string of the molecule is CC(O)c1csc(C2CCCS(=O)(=O)C2)n1. The quantitative estimate of drug-likeness (QED) is 0.876. The molecule has 2 unspecified atom stereocenters. The van der Waals surface area contributed by atoms with E-state index in [1.165, 1.54) is 11.3 Å². The predicted octanol–water partition coefficient (Wildman–Crippen LogP) is 1.49. The van der Waals surface area contributed by atoms with Gasteiger partial charge in [0.25, 0.3) is 0 Å². The predicted molar refractivity (Wildman–Crippen MR) is 63.4 cm³/mol. The number of nitrogens with zero attached hydrogens (tertiary/aromatic N) is 1. The lowest BCUT2D eigenvalue weighted by Gasteiger charge is -2.19. The molecule has 1 fully saturated rings. The molecule has 0 aliphatic carbocycles. The zero-order chi connectivity index (χ0) is 11.8. The summed E-state index contributed by atoms with van der Waals surface area (Å²) in [6.07, 6.45) is 1.02. The van der Waals surface area contributed by atoms with Crippen LogP contribution in [0.5, 0.6) is 0 Å². The van der Waals surface area contributed by atoms with Gasteiger partial charge in [0.2, 0.25) is 0 Å². The summed E-state index contributed by atoms with van der Waals surface area (Å²) in [5.74, 6) is 0.536. The first-order valence-corrected chi connectivity index (χ1v) is 8.02. The fourth-order valence-corrected chi connectivity index (χ4v) is 4.76. The summed E-state index contributed by atoms with van der Waals surface area (Å²) in [5, 5.41) is 12.0. The number of hydrogen-bond donors (Lipinski definition) is 1. The van der Waals surface area contributed by atoms with Crippen molar-refractivity contribution in [1.82, 2.24) is 4.98 Å². The Labute approximate surface area is 99.3 Å². The molecule has 2 atom stereocenters. The van der Waals surface area contributed by atoms with Gasteiger partial charge in [-0.3, -0.25) is 0 Å². The fraction of sp³-hybridized carbons (Fsp3) is 0.700. The molecule has 1 aliphatic heterocycles. The van der Waals surface area contributed by atoms with Crippen molar-refractivity contribution < 1.29 is 13.5 Å². The number of hydrogen-bond acceptors (Lipinski definition) is 5. The van der Waals surface area contributed by atoms with E-state index in [4.69, 9.17) is 0 Å². The Morgan fingerprint density at radius 1 is 1.62 bits per heavy atom. The number of aromatic nitrogens is 1. The monoisotopic (exact) mass is 261 g/mol. The van der Waals surface area contributed by atoms with Crippen LogP contribution in [-0.2, 0) is 9.84 Å². The minimum absolute atomic E-state index is 0.0243. The van der Waals surface area contributed by atoms with Gasteiger partial charge < -0.3 is 5.11 Å². The summed E-state index contributed by atoms with van der Waals surface area (Å²) in [6.45, 7) is 1.66. The van der Waals surface area contributed by atoms with Crippen molar-refractivity contribution in [2.45, 2.75) is 31.8 Å². The molecule has 0 saturated carbocycles. The molecular formula is C10H15NO3S2. The number of aliphatic hydroxyl groups excluding tert-OH is 1. The molecule has 2 heterocycles. The summed E-state index contributed by atoms with van der Waals surface area (Å²) < 4.78 is 23.0. The number of thiazole rings is 1. The average Bonchev–Trinajstić information content (AvgIpc) is 2.64. The molecule has 1 aromatic heterocycles. The highest BCUT2D eigenvalue weighted by Crippen LogP contribution is 2.31.